The van der Waals surface area contributed by atoms with E-state index in [1.807, 2.05) is 31.2 Å². The van der Waals surface area contributed by atoms with E-state index >= 15 is 0 Å². The van der Waals surface area contributed by atoms with Crippen molar-refractivity contribution in [3.05, 3.63) is 48.2 Å². The highest BCUT2D eigenvalue weighted by molar-refractivity contribution is 5.92. The van der Waals surface area contributed by atoms with Crippen LogP contribution in [0.4, 0.5) is 22.1 Å². The first-order valence-electron chi connectivity index (χ1n) is 6.65. The fourth-order valence-corrected chi connectivity index (χ4v) is 1.96. The van der Waals surface area contributed by atoms with E-state index in [-0.39, 0.29) is 5.82 Å². The van der Waals surface area contributed by atoms with Gasteiger partial charge in [0.1, 0.15) is 5.52 Å². The van der Waals surface area contributed by atoms with Crippen LogP contribution in [0.2, 0.25) is 0 Å². The molecular weight excluding hydrogens is 280 g/mol. The number of aryl methyl sites for hydroxylation is 1. The van der Waals surface area contributed by atoms with Crippen LogP contribution in [0.1, 0.15) is 5.56 Å². The number of benzene rings is 1. The maximum Gasteiger partial charge on any atom is 0.317 e. The first-order chi connectivity index (χ1) is 10.6. The van der Waals surface area contributed by atoms with Gasteiger partial charge in [0.15, 0.2) is 17.3 Å². The molecule has 22 heavy (non-hydrogen) atoms. The Kier molecular flexibility index (Phi) is 3.53. The molecule has 110 valence electrons. The number of carbonyl (C=O) groups excluding carboxylic acids is 1. The highest BCUT2D eigenvalue weighted by Crippen LogP contribution is 2.24. The summed E-state index contributed by atoms with van der Waals surface area (Å²) in [4.78, 5) is 24.0. The molecule has 0 atom stereocenters. The number of aromatic nitrogens is 3. The summed E-state index contributed by atoms with van der Waals surface area (Å²) in [5.74, 6) is 0.641. The lowest BCUT2D eigenvalue weighted by atomic mass is 10.2. The molecule has 7 heteroatoms. The van der Waals surface area contributed by atoms with Crippen LogP contribution in [-0.2, 0) is 0 Å². The Bertz CT molecular complexity index is 831. The van der Waals surface area contributed by atoms with Crippen molar-refractivity contribution in [3.8, 4) is 0 Å². The molecular formula is C15H14N6O. The minimum Gasteiger partial charge on any atom is -0.351 e. The maximum absolute atomic E-state index is 11.2. The molecule has 3 aromatic rings. The number of hydrogen-bond donors (Lipinski definition) is 3. The number of pyridine rings is 1. The average Bonchev–Trinajstić information content (AvgIpc) is 2.49. The second-order valence-corrected chi connectivity index (χ2v) is 4.75. The lowest BCUT2D eigenvalue weighted by molar-refractivity contribution is 0.259. The van der Waals surface area contributed by atoms with Crippen molar-refractivity contribution in [1.29, 1.82) is 0 Å². The zero-order valence-electron chi connectivity index (χ0n) is 11.9. The van der Waals surface area contributed by atoms with Crippen LogP contribution in [0.5, 0.6) is 0 Å². The number of nitrogens with zero attached hydrogens (tertiary/aromatic N) is 3. The van der Waals surface area contributed by atoms with Gasteiger partial charge in [-0.25, -0.2) is 19.7 Å². The van der Waals surface area contributed by atoms with Crippen molar-refractivity contribution in [2.75, 3.05) is 10.6 Å². The number of fused-ring (bicyclic) bond motifs is 1. The van der Waals surface area contributed by atoms with E-state index < -0.39 is 6.03 Å². The first kappa shape index (κ1) is 13.7. The Morgan fingerprint density at radius 3 is 2.59 bits per heavy atom. The molecule has 2 heterocycles. The molecule has 2 amide bonds. The molecule has 1 aromatic carbocycles. The number of anilines is 3. The van der Waals surface area contributed by atoms with Crippen LogP contribution < -0.4 is 16.4 Å². The molecule has 3 rings (SSSR count). The summed E-state index contributed by atoms with van der Waals surface area (Å²) in [5, 5.41) is 5.59. The number of amides is 2. The van der Waals surface area contributed by atoms with Gasteiger partial charge < -0.3 is 11.1 Å². The van der Waals surface area contributed by atoms with Gasteiger partial charge in [-0.15, -0.1) is 0 Å². The van der Waals surface area contributed by atoms with E-state index in [9.17, 15) is 4.79 Å². The van der Waals surface area contributed by atoms with Crippen LogP contribution in [-0.4, -0.2) is 21.0 Å². The Hall–Kier alpha value is -3.22. The largest absolute Gasteiger partial charge is 0.351 e. The van der Waals surface area contributed by atoms with Crippen molar-refractivity contribution in [3.63, 3.8) is 0 Å². The van der Waals surface area contributed by atoms with Gasteiger partial charge in [0.05, 0.1) is 0 Å². The predicted molar refractivity (Wildman–Crippen MR) is 85.0 cm³/mol. The van der Waals surface area contributed by atoms with Gasteiger partial charge in [0, 0.05) is 11.9 Å². The normalized spacial score (nSPS) is 10.4. The smallest absolute Gasteiger partial charge is 0.317 e. The summed E-state index contributed by atoms with van der Waals surface area (Å²) in [6.07, 6.45) is 1.63. The molecule has 0 fully saturated rings. The number of rotatable bonds is 3. The van der Waals surface area contributed by atoms with E-state index in [0.717, 1.165) is 11.3 Å². The summed E-state index contributed by atoms with van der Waals surface area (Å²) in [6, 6.07) is 10.6. The summed E-state index contributed by atoms with van der Waals surface area (Å²) in [6.45, 7) is 2.00. The van der Waals surface area contributed by atoms with Gasteiger partial charge in [-0.1, -0.05) is 17.7 Å². The molecule has 2 aromatic heterocycles. The molecule has 0 unspecified atom stereocenters. The maximum atomic E-state index is 11.2. The predicted octanol–water partition coefficient (Wildman–Crippen LogP) is 2.57. The van der Waals surface area contributed by atoms with Crippen LogP contribution in [0.15, 0.2) is 42.6 Å². The minimum atomic E-state index is -0.704. The van der Waals surface area contributed by atoms with Crippen LogP contribution >= 0.6 is 0 Å². The SMILES string of the molecule is Cc1ccc(Nc2nc3ncccc3nc2NC(N)=O)cc1. The molecule has 0 aliphatic heterocycles. The number of nitrogens with two attached hydrogens (primary N) is 1. The van der Waals surface area contributed by atoms with Crippen LogP contribution in [0, 0.1) is 6.92 Å². The Labute approximate surface area is 126 Å². The van der Waals surface area contributed by atoms with E-state index in [4.69, 9.17) is 5.73 Å². The van der Waals surface area contributed by atoms with E-state index in [0.29, 0.717) is 17.0 Å². The third kappa shape index (κ3) is 2.93. The third-order valence-electron chi connectivity index (χ3n) is 3.00. The van der Waals surface area contributed by atoms with Crippen molar-refractivity contribution in [1.82, 2.24) is 15.0 Å². The van der Waals surface area contributed by atoms with Crippen LogP contribution in [0.25, 0.3) is 11.2 Å². The molecule has 0 spiro atoms. The number of carbonyl (C=O) groups is 1. The van der Waals surface area contributed by atoms with E-state index in [2.05, 4.69) is 25.6 Å². The molecule has 0 radical (unpaired) electrons. The quantitative estimate of drug-likeness (QED) is 0.688. The number of urea groups is 1. The summed E-state index contributed by atoms with van der Waals surface area (Å²) in [7, 11) is 0. The van der Waals surface area contributed by atoms with E-state index in [1.54, 1.807) is 18.3 Å². The second-order valence-electron chi connectivity index (χ2n) is 4.75. The minimum absolute atomic E-state index is 0.258. The molecule has 7 nitrogen and oxygen atoms in total. The monoisotopic (exact) mass is 294 g/mol. The molecule has 0 bridgehead atoms. The zero-order valence-corrected chi connectivity index (χ0v) is 11.9. The third-order valence-corrected chi connectivity index (χ3v) is 3.00. The van der Waals surface area contributed by atoms with Gasteiger partial charge in [-0.05, 0) is 31.2 Å². The number of nitrogens with one attached hydrogen (secondary N) is 2. The van der Waals surface area contributed by atoms with Crippen molar-refractivity contribution < 1.29 is 4.79 Å². The number of primary amides is 1. The Morgan fingerprint density at radius 2 is 1.86 bits per heavy atom. The second kappa shape index (κ2) is 5.65. The van der Waals surface area contributed by atoms with Gasteiger partial charge in [-0.3, -0.25) is 5.32 Å². The molecule has 4 N–H and O–H groups in total. The molecule has 0 saturated carbocycles. The van der Waals surface area contributed by atoms with Gasteiger partial charge in [0.25, 0.3) is 0 Å². The molecule has 0 saturated heterocycles. The van der Waals surface area contributed by atoms with Gasteiger partial charge in [0.2, 0.25) is 0 Å². The lowest BCUT2D eigenvalue weighted by Crippen LogP contribution is -2.21. The highest BCUT2D eigenvalue weighted by atomic mass is 16.2. The van der Waals surface area contributed by atoms with Crippen molar-refractivity contribution in [2.24, 2.45) is 5.73 Å². The molecule has 0 aliphatic rings. The fraction of sp³-hybridized carbons (Fsp3) is 0.0667. The topological polar surface area (TPSA) is 106 Å². The first-order valence-corrected chi connectivity index (χ1v) is 6.65. The Balaban J connectivity index is 2.04. The Morgan fingerprint density at radius 1 is 1.09 bits per heavy atom. The van der Waals surface area contributed by atoms with E-state index in [1.165, 1.54) is 0 Å². The zero-order chi connectivity index (χ0) is 15.5. The summed E-state index contributed by atoms with van der Waals surface area (Å²) < 4.78 is 0. The van der Waals surface area contributed by atoms with Crippen LogP contribution in [0.3, 0.4) is 0 Å². The average molecular weight is 294 g/mol. The summed E-state index contributed by atoms with van der Waals surface area (Å²) >= 11 is 0. The fourth-order valence-electron chi connectivity index (χ4n) is 1.96. The molecule has 0 aliphatic carbocycles. The number of hydrogen-bond acceptors (Lipinski definition) is 5. The lowest BCUT2D eigenvalue weighted by Gasteiger charge is -2.11. The standard InChI is InChI=1S/C15H14N6O/c1-9-4-6-10(7-5-9)18-13-14(21-15(16)22)19-11-3-2-8-17-12(11)20-13/h2-8H,1H3,(H,17,18,20)(H3,16,19,21,22). The van der Waals surface area contributed by atoms with Crippen molar-refractivity contribution >= 4 is 34.5 Å². The highest BCUT2D eigenvalue weighted by Gasteiger charge is 2.11. The van der Waals surface area contributed by atoms with Gasteiger partial charge >= 0.3 is 6.03 Å². The van der Waals surface area contributed by atoms with Gasteiger partial charge in [-0.2, -0.15) is 0 Å². The van der Waals surface area contributed by atoms with Crippen molar-refractivity contribution in [2.45, 2.75) is 6.92 Å². The summed E-state index contributed by atoms with van der Waals surface area (Å²) in [5.41, 5.74) is 8.21.